The van der Waals surface area contributed by atoms with E-state index in [1.807, 2.05) is 20.8 Å². The summed E-state index contributed by atoms with van der Waals surface area (Å²) in [6.45, 7) is 7.40. The van der Waals surface area contributed by atoms with Crippen LogP contribution in [0.25, 0.3) is 0 Å². The summed E-state index contributed by atoms with van der Waals surface area (Å²) in [5, 5.41) is 2.56. The van der Waals surface area contributed by atoms with E-state index in [0.29, 0.717) is 38.8 Å². The molecule has 0 bridgehead atoms. The van der Waals surface area contributed by atoms with Crippen LogP contribution in [0, 0.1) is 0 Å². The molecule has 144 valence electrons. The summed E-state index contributed by atoms with van der Waals surface area (Å²) in [7, 11) is -6.73. The van der Waals surface area contributed by atoms with E-state index in [2.05, 4.69) is 5.32 Å². The molecule has 0 atom stereocenters. The lowest BCUT2D eigenvalue weighted by Gasteiger charge is -2.28. The maximum Gasteiger partial charge on any atom is 0.500 e. The highest BCUT2D eigenvalue weighted by Crippen LogP contribution is 2.17. The Labute approximate surface area is 145 Å². The number of amides is 1. The largest absolute Gasteiger partial charge is 0.500 e. The van der Waals surface area contributed by atoms with Crippen LogP contribution in [0.3, 0.4) is 0 Å². The molecule has 9 nitrogen and oxygen atoms in total. The second-order valence-corrected chi connectivity index (χ2v) is 9.09. The molecule has 0 rings (SSSR count). The van der Waals surface area contributed by atoms with E-state index in [0.717, 1.165) is 0 Å². The van der Waals surface area contributed by atoms with E-state index in [1.54, 1.807) is 0 Å². The molecular formula is C13H29NO8SSi. The van der Waals surface area contributed by atoms with Crippen LogP contribution < -0.4 is 5.32 Å². The second-order valence-electron chi connectivity index (χ2n) is 4.79. The number of ether oxygens (including phenoxy) is 1. The third-order valence-corrected chi connectivity index (χ3v) is 6.76. The maximum atomic E-state index is 11.4. The zero-order chi connectivity index (χ0) is 18.5. The van der Waals surface area contributed by atoms with Gasteiger partial charge in [-0.05, 0) is 33.6 Å². The molecule has 0 saturated heterocycles. The van der Waals surface area contributed by atoms with Crippen molar-refractivity contribution in [3.63, 3.8) is 0 Å². The van der Waals surface area contributed by atoms with Crippen LogP contribution in [0.4, 0.5) is 4.79 Å². The molecule has 0 aromatic heterocycles. The Morgan fingerprint density at radius 2 is 1.58 bits per heavy atom. The molecule has 0 unspecified atom stereocenters. The van der Waals surface area contributed by atoms with Gasteiger partial charge in [0.15, 0.2) is 0 Å². The van der Waals surface area contributed by atoms with Crippen LogP contribution in [-0.2, 0) is 28.1 Å². The molecule has 11 heteroatoms. The SMILES string of the molecule is CCO[Si](CCCNC(=O)OCCCS(=O)(=O)O)(OCC)OCC. The molecule has 0 aliphatic carbocycles. The minimum atomic E-state index is -4.02. The van der Waals surface area contributed by atoms with E-state index in [4.69, 9.17) is 22.6 Å². The lowest BCUT2D eigenvalue weighted by atomic mass is 10.5. The number of hydrogen-bond donors (Lipinski definition) is 2. The summed E-state index contributed by atoms with van der Waals surface area (Å²) < 4.78 is 51.5. The highest BCUT2D eigenvalue weighted by atomic mass is 32.2. The third-order valence-electron chi connectivity index (χ3n) is 2.80. The summed E-state index contributed by atoms with van der Waals surface area (Å²) in [4.78, 5) is 11.4. The van der Waals surface area contributed by atoms with Gasteiger partial charge in [0.1, 0.15) is 0 Å². The van der Waals surface area contributed by atoms with Gasteiger partial charge >= 0.3 is 14.9 Å². The molecule has 0 radical (unpaired) electrons. The van der Waals surface area contributed by atoms with Gasteiger partial charge in [0.25, 0.3) is 10.1 Å². The van der Waals surface area contributed by atoms with Crippen molar-refractivity contribution in [1.82, 2.24) is 5.32 Å². The Balaban J connectivity index is 4.04. The maximum absolute atomic E-state index is 11.4. The number of nitrogens with one attached hydrogen (secondary N) is 1. The predicted molar refractivity (Wildman–Crippen MR) is 90.4 cm³/mol. The third kappa shape index (κ3) is 11.8. The van der Waals surface area contributed by atoms with Crippen LogP contribution >= 0.6 is 0 Å². The van der Waals surface area contributed by atoms with E-state index in [-0.39, 0.29) is 13.0 Å². The van der Waals surface area contributed by atoms with Gasteiger partial charge in [-0.25, -0.2) is 4.79 Å². The minimum Gasteiger partial charge on any atom is -0.450 e. The topological polar surface area (TPSA) is 120 Å². The fraction of sp³-hybridized carbons (Fsp3) is 0.923. The minimum absolute atomic E-state index is 0.0430. The molecule has 0 aliphatic heterocycles. The van der Waals surface area contributed by atoms with Gasteiger partial charge in [-0.15, -0.1) is 0 Å². The zero-order valence-corrected chi connectivity index (χ0v) is 16.4. The Morgan fingerprint density at radius 3 is 2.04 bits per heavy atom. The molecule has 0 aromatic rings. The number of hydrogen-bond acceptors (Lipinski definition) is 7. The smallest absolute Gasteiger partial charge is 0.450 e. The molecule has 0 heterocycles. The zero-order valence-electron chi connectivity index (χ0n) is 14.6. The van der Waals surface area contributed by atoms with Crippen molar-refractivity contribution in [3.05, 3.63) is 0 Å². The van der Waals surface area contributed by atoms with Crippen LogP contribution in [0.5, 0.6) is 0 Å². The predicted octanol–water partition coefficient (Wildman–Crippen LogP) is 1.43. The Bertz CT molecular complexity index is 428. The van der Waals surface area contributed by atoms with Crippen LogP contribution in [-0.4, -0.2) is 66.6 Å². The lowest BCUT2D eigenvalue weighted by molar-refractivity contribution is 0.0706. The number of carbonyl (C=O) groups excluding carboxylic acids is 1. The van der Waals surface area contributed by atoms with E-state index >= 15 is 0 Å². The Kier molecular flexibility index (Phi) is 12.2. The van der Waals surface area contributed by atoms with Crippen molar-refractivity contribution in [1.29, 1.82) is 0 Å². The second kappa shape index (κ2) is 12.6. The number of alkyl carbamates (subject to hydrolysis) is 1. The van der Waals surface area contributed by atoms with Gasteiger partial charge < -0.3 is 23.3 Å². The Morgan fingerprint density at radius 1 is 1.04 bits per heavy atom. The summed E-state index contributed by atoms with van der Waals surface area (Å²) in [5.74, 6) is -0.439. The molecular weight excluding hydrogens is 358 g/mol. The molecule has 0 aromatic carbocycles. The van der Waals surface area contributed by atoms with Crippen LogP contribution in [0.2, 0.25) is 6.04 Å². The summed E-state index contributed by atoms with van der Waals surface area (Å²) >= 11 is 0. The normalized spacial score (nSPS) is 12.2. The lowest BCUT2D eigenvalue weighted by Crippen LogP contribution is -2.46. The highest BCUT2D eigenvalue weighted by molar-refractivity contribution is 7.85. The molecule has 0 fully saturated rings. The van der Waals surface area contributed by atoms with Crippen LogP contribution in [0.15, 0.2) is 0 Å². The van der Waals surface area contributed by atoms with Gasteiger partial charge in [0, 0.05) is 32.4 Å². The molecule has 1 amide bonds. The number of rotatable bonds is 14. The standard InChI is InChI=1S/C13H29NO8SSi/c1-4-20-24(21-5-2,22-6-3)12-7-9-14-13(15)19-10-8-11-23(16,17)18/h4-12H2,1-3H3,(H,14,15)(H,16,17,18). The molecule has 24 heavy (non-hydrogen) atoms. The van der Waals surface area contributed by atoms with Gasteiger partial charge in [-0.2, -0.15) is 8.42 Å². The van der Waals surface area contributed by atoms with Crippen molar-refractivity contribution in [2.24, 2.45) is 0 Å². The van der Waals surface area contributed by atoms with Crippen molar-refractivity contribution >= 4 is 25.0 Å². The van der Waals surface area contributed by atoms with Crippen molar-refractivity contribution in [2.75, 3.05) is 38.7 Å². The Hall–Kier alpha value is -0.723. The molecule has 0 spiro atoms. The molecule has 0 saturated carbocycles. The average molecular weight is 388 g/mol. The molecule has 0 aliphatic rings. The number of carbonyl (C=O) groups is 1. The van der Waals surface area contributed by atoms with Gasteiger partial charge in [-0.1, -0.05) is 0 Å². The first-order chi connectivity index (χ1) is 11.3. The highest BCUT2D eigenvalue weighted by Gasteiger charge is 2.39. The summed E-state index contributed by atoms with van der Waals surface area (Å²) in [6.07, 6.45) is 0.00928. The first kappa shape index (κ1) is 23.3. The summed E-state index contributed by atoms with van der Waals surface area (Å²) in [5.41, 5.74) is 0. The van der Waals surface area contributed by atoms with E-state index in [9.17, 15) is 13.2 Å². The summed E-state index contributed by atoms with van der Waals surface area (Å²) in [6, 6.07) is 0.575. The van der Waals surface area contributed by atoms with Crippen molar-refractivity contribution in [2.45, 2.75) is 39.7 Å². The van der Waals surface area contributed by atoms with Gasteiger partial charge in [-0.3, -0.25) is 4.55 Å². The molecule has 2 N–H and O–H groups in total. The van der Waals surface area contributed by atoms with Crippen LogP contribution in [0.1, 0.15) is 33.6 Å². The first-order valence-corrected chi connectivity index (χ1v) is 11.6. The average Bonchev–Trinajstić information content (AvgIpc) is 2.48. The fourth-order valence-electron chi connectivity index (χ4n) is 1.95. The van der Waals surface area contributed by atoms with E-state index in [1.165, 1.54) is 0 Å². The first-order valence-electron chi connectivity index (χ1n) is 8.06. The fourth-order valence-corrected chi connectivity index (χ4v) is 5.05. The van der Waals surface area contributed by atoms with Crippen molar-refractivity contribution < 1.29 is 35.8 Å². The van der Waals surface area contributed by atoms with Crippen molar-refractivity contribution in [3.8, 4) is 0 Å². The monoisotopic (exact) mass is 387 g/mol. The van der Waals surface area contributed by atoms with Gasteiger partial charge in [0.2, 0.25) is 0 Å². The quantitative estimate of drug-likeness (QED) is 0.261. The van der Waals surface area contributed by atoms with Gasteiger partial charge in [0.05, 0.1) is 12.4 Å². The van der Waals surface area contributed by atoms with E-state index < -0.39 is 30.8 Å².